The number of carbonyl (C=O) groups is 1. The van der Waals surface area contributed by atoms with Gasteiger partial charge in [-0.2, -0.15) is 5.10 Å². The minimum Gasteiger partial charge on any atom is -0.370 e. The molecule has 94 valence electrons. The summed E-state index contributed by atoms with van der Waals surface area (Å²) in [4.78, 5) is 16.1. The maximum atomic E-state index is 11.9. The number of hydrogen-bond acceptors (Lipinski definition) is 4. The van der Waals surface area contributed by atoms with Crippen LogP contribution in [0.25, 0.3) is 0 Å². The molecule has 1 amide bonds. The molecule has 0 aliphatic carbocycles. The third kappa shape index (κ3) is 3.07. The van der Waals surface area contributed by atoms with Crippen LogP contribution in [0.15, 0.2) is 30.6 Å². The van der Waals surface area contributed by atoms with Crippen molar-refractivity contribution >= 4 is 11.7 Å². The Hall–Kier alpha value is -2.37. The molecule has 6 heteroatoms. The second-order valence-corrected chi connectivity index (χ2v) is 3.73. The molecule has 18 heavy (non-hydrogen) atoms. The van der Waals surface area contributed by atoms with Crippen molar-refractivity contribution in [3.05, 3.63) is 41.9 Å². The van der Waals surface area contributed by atoms with Gasteiger partial charge in [-0.3, -0.25) is 9.89 Å². The number of amides is 1. The predicted octanol–water partition coefficient (Wildman–Crippen LogP) is 1.17. The molecule has 0 aromatic carbocycles. The predicted molar refractivity (Wildman–Crippen MR) is 68.2 cm³/mol. The molecule has 0 aliphatic heterocycles. The Bertz CT molecular complexity index is 509. The van der Waals surface area contributed by atoms with Gasteiger partial charge in [-0.1, -0.05) is 6.07 Å². The van der Waals surface area contributed by atoms with Crippen LogP contribution in [0.2, 0.25) is 0 Å². The minimum absolute atomic E-state index is 0.198. The largest absolute Gasteiger partial charge is 0.370 e. The van der Waals surface area contributed by atoms with Crippen LogP contribution in [-0.2, 0) is 6.54 Å². The maximum absolute atomic E-state index is 11.9. The smallest absolute Gasteiger partial charge is 0.270 e. The van der Waals surface area contributed by atoms with Crippen molar-refractivity contribution in [2.45, 2.75) is 13.5 Å². The Morgan fingerprint density at radius 1 is 1.44 bits per heavy atom. The number of nitrogens with zero attached hydrogens (tertiary/aromatic N) is 2. The summed E-state index contributed by atoms with van der Waals surface area (Å²) in [6.07, 6.45) is 3.41. The van der Waals surface area contributed by atoms with Crippen LogP contribution < -0.4 is 10.6 Å². The number of carbonyl (C=O) groups excluding carboxylic acids is 1. The van der Waals surface area contributed by atoms with E-state index in [0.29, 0.717) is 18.1 Å². The summed E-state index contributed by atoms with van der Waals surface area (Å²) in [5, 5.41) is 12.3. The zero-order chi connectivity index (χ0) is 12.8. The molecule has 0 fully saturated rings. The van der Waals surface area contributed by atoms with E-state index in [-0.39, 0.29) is 5.91 Å². The molecule has 0 unspecified atom stereocenters. The van der Waals surface area contributed by atoms with Gasteiger partial charge in [0.25, 0.3) is 5.91 Å². The van der Waals surface area contributed by atoms with E-state index in [9.17, 15) is 4.79 Å². The molecule has 2 heterocycles. The number of hydrogen-bond donors (Lipinski definition) is 3. The molecule has 0 aliphatic rings. The van der Waals surface area contributed by atoms with Crippen LogP contribution in [0.3, 0.4) is 0 Å². The van der Waals surface area contributed by atoms with Crippen LogP contribution in [0.1, 0.15) is 23.0 Å². The molecule has 2 rings (SSSR count). The monoisotopic (exact) mass is 245 g/mol. The molecule has 0 radical (unpaired) electrons. The number of anilines is 1. The third-order valence-corrected chi connectivity index (χ3v) is 2.35. The molecular formula is C12H15N5O. The Morgan fingerprint density at radius 2 is 2.33 bits per heavy atom. The highest BCUT2D eigenvalue weighted by Gasteiger charge is 2.07. The normalized spacial score (nSPS) is 10.1. The lowest BCUT2D eigenvalue weighted by Gasteiger charge is -2.06. The minimum atomic E-state index is -0.198. The van der Waals surface area contributed by atoms with Crippen molar-refractivity contribution in [2.24, 2.45) is 0 Å². The van der Waals surface area contributed by atoms with Gasteiger partial charge in [0.2, 0.25) is 0 Å². The summed E-state index contributed by atoms with van der Waals surface area (Å²) in [5.41, 5.74) is 1.32. The molecule has 2 aromatic rings. The zero-order valence-electron chi connectivity index (χ0n) is 10.1. The van der Waals surface area contributed by atoms with Crippen molar-refractivity contribution in [3.8, 4) is 0 Å². The molecule has 0 bridgehead atoms. The Morgan fingerprint density at radius 3 is 3.06 bits per heavy atom. The van der Waals surface area contributed by atoms with Gasteiger partial charge in [-0.05, 0) is 19.1 Å². The van der Waals surface area contributed by atoms with E-state index in [1.165, 1.54) is 0 Å². The van der Waals surface area contributed by atoms with E-state index >= 15 is 0 Å². The first-order valence-electron chi connectivity index (χ1n) is 5.76. The first kappa shape index (κ1) is 12.1. The van der Waals surface area contributed by atoms with Gasteiger partial charge in [-0.15, -0.1) is 0 Å². The SMILES string of the molecule is CCNc1cccc(C(=O)NCc2cn[nH]c2)n1. The summed E-state index contributed by atoms with van der Waals surface area (Å²) in [5.74, 6) is 0.504. The summed E-state index contributed by atoms with van der Waals surface area (Å²) < 4.78 is 0. The van der Waals surface area contributed by atoms with E-state index in [1.807, 2.05) is 13.0 Å². The van der Waals surface area contributed by atoms with Crippen LogP contribution >= 0.6 is 0 Å². The quantitative estimate of drug-likeness (QED) is 0.738. The van der Waals surface area contributed by atoms with Crippen LogP contribution in [0, 0.1) is 0 Å². The zero-order valence-corrected chi connectivity index (χ0v) is 10.1. The Labute approximate surface area is 105 Å². The molecule has 0 saturated heterocycles. The fourth-order valence-corrected chi connectivity index (χ4v) is 1.49. The van der Waals surface area contributed by atoms with Gasteiger partial charge in [0, 0.05) is 24.8 Å². The van der Waals surface area contributed by atoms with Gasteiger partial charge in [0.1, 0.15) is 11.5 Å². The third-order valence-electron chi connectivity index (χ3n) is 2.35. The summed E-state index contributed by atoms with van der Waals surface area (Å²) in [6.45, 7) is 3.18. The van der Waals surface area contributed by atoms with Crippen LogP contribution in [-0.4, -0.2) is 27.6 Å². The molecule has 6 nitrogen and oxygen atoms in total. The standard InChI is InChI=1S/C12H15N5O/c1-2-13-11-5-3-4-10(17-11)12(18)14-6-9-7-15-16-8-9/h3-5,7-8H,2,6H2,1H3,(H,13,17)(H,14,18)(H,15,16). The lowest BCUT2D eigenvalue weighted by Crippen LogP contribution is -2.23. The number of aromatic nitrogens is 3. The highest BCUT2D eigenvalue weighted by molar-refractivity contribution is 5.92. The van der Waals surface area contributed by atoms with Crippen LogP contribution in [0.5, 0.6) is 0 Å². The molecule has 0 atom stereocenters. The first-order valence-corrected chi connectivity index (χ1v) is 5.76. The van der Waals surface area contributed by atoms with Crippen LogP contribution in [0.4, 0.5) is 5.82 Å². The first-order chi connectivity index (χ1) is 8.79. The fraction of sp³-hybridized carbons (Fsp3) is 0.250. The maximum Gasteiger partial charge on any atom is 0.270 e. The fourth-order valence-electron chi connectivity index (χ4n) is 1.49. The Kier molecular flexibility index (Phi) is 3.90. The van der Waals surface area contributed by atoms with Gasteiger partial charge in [0.05, 0.1) is 6.20 Å². The molecule has 0 spiro atoms. The topological polar surface area (TPSA) is 82.7 Å². The summed E-state index contributed by atoms with van der Waals surface area (Å²) in [7, 11) is 0. The second-order valence-electron chi connectivity index (χ2n) is 3.73. The number of aromatic amines is 1. The van der Waals surface area contributed by atoms with Gasteiger partial charge >= 0.3 is 0 Å². The van der Waals surface area contributed by atoms with Crippen molar-refractivity contribution < 1.29 is 4.79 Å². The molecule has 3 N–H and O–H groups in total. The van der Waals surface area contributed by atoms with Crippen molar-refractivity contribution in [3.63, 3.8) is 0 Å². The van der Waals surface area contributed by atoms with E-state index in [0.717, 1.165) is 12.1 Å². The number of H-pyrrole nitrogens is 1. The average Bonchev–Trinajstić information content (AvgIpc) is 2.90. The lowest BCUT2D eigenvalue weighted by molar-refractivity contribution is 0.0946. The molecule has 0 saturated carbocycles. The number of rotatable bonds is 5. The van der Waals surface area contributed by atoms with Crippen molar-refractivity contribution in [1.82, 2.24) is 20.5 Å². The van der Waals surface area contributed by atoms with Gasteiger partial charge in [0.15, 0.2) is 0 Å². The summed E-state index contributed by atoms with van der Waals surface area (Å²) >= 11 is 0. The highest BCUT2D eigenvalue weighted by atomic mass is 16.1. The van der Waals surface area contributed by atoms with Crippen molar-refractivity contribution in [2.75, 3.05) is 11.9 Å². The number of pyridine rings is 1. The lowest BCUT2D eigenvalue weighted by atomic mass is 10.3. The highest BCUT2D eigenvalue weighted by Crippen LogP contribution is 2.04. The van der Waals surface area contributed by atoms with E-state index < -0.39 is 0 Å². The second kappa shape index (κ2) is 5.81. The van der Waals surface area contributed by atoms with Crippen molar-refractivity contribution in [1.29, 1.82) is 0 Å². The molecular weight excluding hydrogens is 230 g/mol. The summed E-state index contributed by atoms with van der Waals surface area (Å²) in [6, 6.07) is 5.32. The number of nitrogens with one attached hydrogen (secondary N) is 3. The van der Waals surface area contributed by atoms with Gasteiger partial charge in [-0.25, -0.2) is 4.98 Å². The Balaban J connectivity index is 1.97. The average molecular weight is 245 g/mol. The molecule has 2 aromatic heterocycles. The van der Waals surface area contributed by atoms with Gasteiger partial charge < -0.3 is 10.6 Å². The van der Waals surface area contributed by atoms with E-state index in [1.54, 1.807) is 24.5 Å². The van der Waals surface area contributed by atoms with E-state index in [4.69, 9.17) is 0 Å². The van der Waals surface area contributed by atoms with E-state index in [2.05, 4.69) is 25.8 Å².